The van der Waals surface area contributed by atoms with Crippen molar-refractivity contribution >= 4 is 28.1 Å². The second kappa shape index (κ2) is 4.34. The van der Waals surface area contributed by atoms with E-state index in [1.807, 2.05) is 6.07 Å². The van der Waals surface area contributed by atoms with Gasteiger partial charge in [-0.1, -0.05) is 29.0 Å². The third kappa shape index (κ3) is 2.40. The molecule has 2 aromatic rings. The maximum atomic E-state index is 5.66. The van der Waals surface area contributed by atoms with Crippen molar-refractivity contribution < 1.29 is 0 Å². The molecule has 2 heterocycles. The van der Waals surface area contributed by atoms with Crippen molar-refractivity contribution in [3.63, 3.8) is 0 Å². The summed E-state index contributed by atoms with van der Waals surface area (Å²) in [6.45, 7) is 0.680. The molecule has 72 valence electrons. The average Bonchev–Trinajstić information content (AvgIpc) is 2.70. The normalized spacial score (nSPS) is 10.1. The van der Waals surface area contributed by atoms with Gasteiger partial charge in [0.15, 0.2) is 0 Å². The molecule has 0 spiro atoms. The molecular formula is C8H7ClN4S. The molecule has 0 saturated carbocycles. The molecule has 2 aromatic heterocycles. The third-order valence-corrected chi connectivity index (χ3v) is 2.46. The first-order valence-corrected chi connectivity index (χ1v) is 5.21. The largest absolute Gasteiger partial charge is 0.356 e. The lowest BCUT2D eigenvalue weighted by molar-refractivity contribution is 1.04. The number of hydrogen-bond donors (Lipinski definition) is 1. The molecule has 0 atom stereocenters. The van der Waals surface area contributed by atoms with E-state index >= 15 is 0 Å². The van der Waals surface area contributed by atoms with Crippen LogP contribution in [0.1, 0.15) is 5.56 Å². The monoisotopic (exact) mass is 226 g/mol. The topological polar surface area (TPSA) is 50.7 Å². The maximum Gasteiger partial charge on any atom is 0.205 e. The molecule has 0 aromatic carbocycles. The highest BCUT2D eigenvalue weighted by molar-refractivity contribution is 7.13. The number of anilines is 1. The Morgan fingerprint density at radius 1 is 1.43 bits per heavy atom. The fraction of sp³-hybridized carbons (Fsp3) is 0.125. The summed E-state index contributed by atoms with van der Waals surface area (Å²) in [5.74, 6) is 0. The molecule has 0 aliphatic heterocycles. The van der Waals surface area contributed by atoms with Gasteiger partial charge in [-0.2, -0.15) is 0 Å². The van der Waals surface area contributed by atoms with Gasteiger partial charge in [-0.15, -0.1) is 10.2 Å². The van der Waals surface area contributed by atoms with Gasteiger partial charge >= 0.3 is 0 Å². The van der Waals surface area contributed by atoms with Crippen molar-refractivity contribution in [3.05, 3.63) is 34.6 Å². The van der Waals surface area contributed by atoms with Crippen molar-refractivity contribution in [2.75, 3.05) is 5.32 Å². The van der Waals surface area contributed by atoms with Gasteiger partial charge in [-0.05, 0) is 11.6 Å². The first-order valence-electron chi connectivity index (χ1n) is 3.95. The van der Waals surface area contributed by atoms with E-state index in [1.165, 1.54) is 11.3 Å². The first-order chi connectivity index (χ1) is 6.84. The van der Waals surface area contributed by atoms with E-state index in [9.17, 15) is 0 Å². The lowest BCUT2D eigenvalue weighted by Crippen LogP contribution is -1.99. The predicted molar refractivity (Wildman–Crippen MR) is 56.5 cm³/mol. The SMILES string of the molecule is Clc1ccc(CNc2nncs2)cn1. The van der Waals surface area contributed by atoms with Crippen LogP contribution in [-0.4, -0.2) is 15.2 Å². The number of pyridine rings is 1. The summed E-state index contributed by atoms with van der Waals surface area (Å²) < 4.78 is 0. The van der Waals surface area contributed by atoms with Crippen molar-refractivity contribution in [2.45, 2.75) is 6.54 Å². The molecule has 0 aliphatic rings. The first kappa shape index (κ1) is 9.36. The Labute approximate surface area is 90.0 Å². The quantitative estimate of drug-likeness (QED) is 0.816. The Hall–Kier alpha value is -1.20. The van der Waals surface area contributed by atoms with Crippen LogP contribution >= 0.6 is 22.9 Å². The molecule has 0 fully saturated rings. The van der Waals surface area contributed by atoms with E-state index in [2.05, 4.69) is 20.5 Å². The molecule has 1 N–H and O–H groups in total. The Morgan fingerprint density at radius 2 is 2.36 bits per heavy atom. The molecule has 2 rings (SSSR count). The second-order valence-corrected chi connectivity index (χ2v) is 3.81. The summed E-state index contributed by atoms with van der Waals surface area (Å²) in [6.07, 6.45) is 1.73. The number of hydrogen-bond acceptors (Lipinski definition) is 5. The fourth-order valence-corrected chi connectivity index (χ4v) is 1.49. The van der Waals surface area contributed by atoms with Gasteiger partial charge in [0, 0.05) is 12.7 Å². The molecular weight excluding hydrogens is 220 g/mol. The van der Waals surface area contributed by atoms with Gasteiger partial charge < -0.3 is 5.32 Å². The predicted octanol–water partition coefficient (Wildman–Crippen LogP) is 2.20. The number of rotatable bonds is 3. The Kier molecular flexibility index (Phi) is 2.90. The molecule has 0 aliphatic carbocycles. The zero-order valence-corrected chi connectivity index (χ0v) is 8.72. The van der Waals surface area contributed by atoms with E-state index < -0.39 is 0 Å². The van der Waals surface area contributed by atoms with Crippen LogP contribution in [0.15, 0.2) is 23.8 Å². The van der Waals surface area contributed by atoms with Gasteiger partial charge in [0.25, 0.3) is 0 Å². The van der Waals surface area contributed by atoms with Crippen molar-refractivity contribution in [3.8, 4) is 0 Å². The average molecular weight is 227 g/mol. The standard InChI is InChI=1S/C8H7ClN4S/c9-7-2-1-6(3-10-7)4-11-8-13-12-5-14-8/h1-3,5H,4H2,(H,11,13). The second-order valence-electron chi connectivity index (χ2n) is 2.59. The highest BCUT2D eigenvalue weighted by Gasteiger charge is 1.96. The summed E-state index contributed by atoms with van der Waals surface area (Å²) in [6, 6.07) is 3.68. The summed E-state index contributed by atoms with van der Waals surface area (Å²) in [7, 11) is 0. The summed E-state index contributed by atoms with van der Waals surface area (Å²) in [5, 5.41) is 12.0. The summed E-state index contributed by atoms with van der Waals surface area (Å²) >= 11 is 7.13. The van der Waals surface area contributed by atoms with Gasteiger partial charge in [-0.3, -0.25) is 0 Å². The minimum atomic E-state index is 0.504. The molecule has 0 saturated heterocycles. The zero-order chi connectivity index (χ0) is 9.80. The minimum Gasteiger partial charge on any atom is -0.356 e. The minimum absolute atomic E-state index is 0.504. The van der Waals surface area contributed by atoms with Crippen LogP contribution < -0.4 is 5.32 Å². The number of aromatic nitrogens is 3. The Balaban J connectivity index is 1.95. The van der Waals surface area contributed by atoms with E-state index in [1.54, 1.807) is 17.8 Å². The highest BCUT2D eigenvalue weighted by atomic mass is 35.5. The van der Waals surface area contributed by atoms with Gasteiger partial charge in [0.2, 0.25) is 5.13 Å². The highest BCUT2D eigenvalue weighted by Crippen LogP contribution is 2.11. The summed E-state index contributed by atoms with van der Waals surface area (Å²) in [5.41, 5.74) is 2.74. The van der Waals surface area contributed by atoms with Crippen LogP contribution in [0.25, 0.3) is 0 Å². The molecule has 0 radical (unpaired) electrons. The van der Waals surface area contributed by atoms with Crippen LogP contribution in [0.3, 0.4) is 0 Å². The molecule has 4 nitrogen and oxygen atoms in total. The van der Waals surface area contributed by atoms with Crippen LogP contribution in [0.5, 0.6) is 0 Å². The lowest BCUT2D eigenvalue weighted by atomic mass is 10.3. The van der Waals surface area contributed by atoms with Gasteiger partial charge in [0.05, 0.1) is 0 Å². The number of nitrogens with one attached hydrogen (secondary N) is 1. The fourth-order valence-electron chi connectivity index (χ4n) is 0.939. The number of halogens is 1. The lowest BCUT2D eigenvalue weighted by Gasteiger charge is -2.00. The zero-order valence-electron chi connectivity index (χ0n) is 7.14. The molecule has 14 heavy (non-hydrogen) atoms. The Morgan fingerprint density at radius 3 is 3.00 bits per heavy atom. The third-order valence-electron chi connectivity index (χ3n) is 1.59. The molecule has 0 unspecified atom stereocenters. The van der Waals surface area contributed by atoms with Crippen LogP contribution in [0, 0.1) is 0 Å². The maximum absolute atomic E-state index is 5.66. The Bertz CT molecular complexity index is 386. The van der Waals surface area contributed by atoms with Crippen LogP contribution in [-0.2, 0) is 6.54 Å². The van der Waals surface area contributed by atoms with Crippen molar-refractivity contribution in [2.24, 2.45) is 0 Å². The summed E-state index contributed by atoms with van der Waals surface area (Å²) in [4.78, 5) is 3.97. The van der Waals surface area contributed by atoms with E-state index in [0.29, 0.717) is 11.7 Å². The van der Waals surface area contributed by atoms with E-state index in [0.717, 1.165) is 10.7 Å². The van der Waals surface area contributed by atoms with Gasteiger partial charge in [-0.25, -0.2) is 4.98 Å². The van der Waals surface area contributed by atoms with Crippen LogP contribution in [0.4, 0.5) is 5.13 Å². The smallest absolute Gasteiger partial charge is 0.205 e. The van der Waals surface area contributed by atoms with Crippen molar-refractivity contribution in [1.82, 2.24) is 15.2 Å². The molecule has 0 amide bonds. The molecule has 6 heteroatoms. The van der Waals surface area contributed by atoms with E-state index in [4.69, 9.17) is 11.6 Å². The van der Waals surface area contributed by atoms with Crippen LogP contribution in [0.2, 0.25) is 5.15 Å². The molecule has 0 bridgehead atoms. The van der Waals surface area contributed by atoms with E-state index in [-0.39, 0.29) is 0 Å². The van der Waals surface area contributed by atoms with Crippen molar-refractivity contribution in [1.29, 1.82) is 0 Å². The van der Waals surface area contributed by atoms with Gasteiger partial charge in [0.1, 0.15) is 10.7 Å². The number of nitrogens with zero attached hydrogens (tertiary/aromatic N) is 3.